The Bertz CT molecular complexity index is 392. The van der Waals surface area contributed by atoms with E-state index in [9.17, 15) is 0 Å². The molecule has 0 spiro atoms. The highest BCUT2D eigenvalue weighted by atomic mass is 15.1. The molecule has 2 heteroatoms. The van der Waals surface area contributed by atoms with Crippen LogP contribution in [0.5, 0.6) is 0 Å². The van der Waals surface area contributed by atoms with Crippen molar-refractivity contribution in [3.05, 3.63) is 35.9 Å². The zero-order chi connectivity index (χ0) is 11.1. The van der Waals surface area contributed by atoms with Gasteiger partial charge >= 0.3 is 0 Å². The fourth-order valence-corrected chi connectivity index (χ4v) is 1.02. The average molecular weight is 198 g/mol. The highest BCUT2D eigenvalue weighted by molar-refractivity contribution is 5.33. The van der Waals surface area contributed by atoms with Crippen molar-refractivity contribution < 1.29 is 0 Å². The van der Waals surface area contributed by atoms with E-state index < -0.39 is 0 Å². The van der Waals surface area contributed by atoms with Gasteiger partial charge in [-0.3, -0.25) is 4.90 Å². The minimum atomic E-state index is -0.0879. The molecule has 1 aromatic carbocycles. The number of nitrogens with zero attached hydrogens (tertiary/aromatic N) is 2. The molecule has 2 nitrogen and oxygen atoms in total. The second kappa shape index (κ2) is 5.86. The Labute approximate surface area is 91.1 Å². The zero-order valence-electron chi connectivity index (χ0n) is 9.07. The second-order valence-corrected chi connectivity index (χ2v) is 3.39. The lowest BCUT2D eigenvalue weighted by Gasteiger charge is -2.14. The van der Waals surface area contributed by atoms with E-state index >= 15 is 0 Å². The molecule has 1 rings (SSSR count). The third-order valence-electron chi connectivity index (χ3n) is 2.18. The first-order valence-corrected chi connectivity index (χ1v) is 4.88. The van der Waals surface area contributed by atoms with Crippen molar-refractivity contribution in [1.29, 1.82) is 5.26 Å². The number of rotatable bonds is 2. The smallest absolute Gasteiger partial charge is 0.0954 e. The maximum Gasteiger partial charge on any atom is 0.0954 e. The van der Waals surface area contributed by atoms with Crippen LogP contribution in [0, 0.1) is 23.2 Å². The van der Waals surface area contributed by atoms with Crippen molar-refractivity contribution >= 4 is 0 Å². The van der Waals surface area contributed by atoms with Crippen LogP contribution < -0.4 is 0 Å². The van der Waals surface area contributed by atoms with Crippen LogP contribution in [0.15, 0.2) is 30.3 Å². The van der Waals surface area contributed by atoms with Gasteiger partial charge in [-0.2, -0.15) is 5.26 Å². The van der Waals surface area contributed by atoms with Gasteiger partial charge < -0.3 is 0 Å². The van der Waals surface area contributed by atoms with E-state index in [0.29, 0.717) is 6.54 Å². The molecular formula is C13H14N2. The maximum absolute atomic E-state index is 8.68. The van der Waals surface area contributed by atoms with E-state index in [1.54, 1.807) is 0 Å². The molecule has 0 radical (unpaired) electrons. The molecule has 0 amide bonds. The lowest BCUT2D eigenvalue weighted by molar-refractivity contribution is 0.340. The molecule has 0 saturated heterocycles. The molecule has 1 atom stereocenters. The van der Waals surface area contributed by atoms with E-state index in [2.05, 4.69) is 17.9 Å². The molecule has 0 heterocycles. The van der Waals surface area contributed by atoms with E-state index in [1.807, 2.05) is 49.2 Å². The molecule has 0 aliphatic rings. The van der Waals surface area contributed by atoms with Gasteiger partial charge in [0.1, 0.15) is 0 Å². The van der Waals surface area contributed by atoms with Crippen LogP contribution in [0.4, 0.5) is 0 Å². The van der Waals surface area contributed by atoms with Crippen molar-refractivity contribution in [3.63, 3.8) is 0 Å². The summed E-state index contributed by atoms with van der Waals surface area (Å²) in [6.45, 7) is 2.48. The summed E-state index contributed by atoms with van der Waals surface area (Å²) in [7, 11) is 1.90. The first kappa shape index (κ1) is 11.3. The second-order valence-electron chi connectivity index (χ2n) is 3.39. The lowest BCUT2D eigenvalue weighted by Crippen LogP contribution is -2.27. The third kappa shape index (κ3) is 3.85. The standard InChI is InChI=1S/C13H14N2/c1-12(11-14)15(2)10-6-9-13-7-4-3-5-8-13/h3-5,7-8,12H,10H2,1-2H3. The van der Waals surface area contributed by atoms with Gasteiger partial charge in [-0.25, -0.2) is 0 Å². The predicted molar refractivity (Wildman–Crippen MR) is 61.0 cm³/mol. The Balaban J connectivity index is 2.51. The predicted octanol–water partition coefficient (Wildman–Crippen LogP) is 1.88. The lowest BCUT2D eigenvalue weighted by atomic mass is 10.2. The molecular weight excluding hydrogens is 184 g/mol. The SMILES string of the molecule is CC(C#N)N(C)CC#Cc1ccccc1. The van der Waals surface area contributed by atoms with Crippen molar-refractivity contribution in [3.8, 4) is 17.9 Å². The van der Waals surface area contributed by atoms with E-state index in [4.69, 9.17) is 5.26 Å². The summed E-state index contributed by atoms with van der Waals surface area (Å²) in [6, 6.07) is 11.9. The zero-order valence-corrected chi connectivity index (χ0v) is 9.07. The van der Waals surface area contributed by atoms with E-state index in [1.165, 1.54) is 0 Å². The van der Waals surface area contributed by atoms with Gasteiger partial charge in [-0.15, -0.1) is 0 Å². The van der Waals surface area contributed by atoms with Crippen molar-refractivity contribution in [1.82, 2.24) is 4.90 Å². The molecule has 0 fully saturated rings. The minimum Gasteiger partial charge on any atom is -0.280 e. The molecule has 0 aliphatic heterocycles. The summed E-state index contributed by atoms with van der Waals surface area (Å²) in [5, 5.41) is 8.68. The fourth-order valence-electron chi connectivity index (χ4n) is 1.02. The highest BCUT2D eigenvalue weighted by Gasteiger charge is 2.03. The summed E-state index contributed by atoms with van der Waals surface area (Å²) in [4.78, 5) is 1.91. The number of nitriles is 1. The van der Waals surface area contributed by atoms with Crippen LogP contribution in [0.25, 0.3) is 0 Å². The molecule has 76 valence electrons. The summed E-state index contributed by atoms with van der Waals surface area (Å²) < 4.78 is 0. The van der Waals surface area contributed by atoms with Gasteiger partial charge in [-0.05, 0) is 26.1 Å². The normalized spacial score (nSPS) is 11.3. The Morgan fingerprint density at radius 3 is 2.60 bits per heavy atom. The number of hydrogen-bond acceptors (Lipinski definition) is 2. The van der Waals surface area contributed by atoms with Gasteiger partial charge in [0.2, 0.25) is 0 Å². The van der Waals surface area contributed by atoms with Crippen LogP contribution in [-0.2, 0) is 0 Å². The first-order chi connectivity index (χ1) is 7.24. The van der Waals surface area contributed by atoms with Crippen LogP contribution in [-0.4, -0.2) is 24.5 Å². The van der Waals surface area contributed by atoms with E-state index in [-0.39, 0.29) is 6.04 Å². The molecule has 15 heavy (non-hydrogen) atoms. The van der Waals surface area contributed by atoms with Crippen LogP contribution in [0.2, 0.25) is 0 Å². The number of benzene rings is 1. The molecule has 1 unspecified atom stereocenters. The summed E-state index contributed by atoms with van der Waals surface area (Å²) in [5.41, 5.74) is 1.01. The van der Waals surface area contributed by atoms with Gasteiger partial charge in [0.05, 0.1) is 18.7 Å². The summed E-state index contributed by atoms with van der Waals surface area (Å²) in [5.74, 6) is 6.09. The highest BCUT2D eigenvalue weighted by Crippen LogP contribution is 1.95. The molecule has 1 aromatic rings. The van der Waals surface area contributed by atoms with Gasteiger partial charge in [0.15, 0.2) is 0 Å². The summed E-state index contributed by atoms with van der Waals surface area (Å²) >= 11 is 0. The van der Waals surface area contributed by atoms with Crippen LogP contribution in [0.3, 0.4) is 0 Å². The van der Waals surface area contributed by atoms with Crippen LogP contribution >= 0.6 is 0 Å². The quantitative estimate of drug-likeness (QED) is 0.678. The van der Waals surface area contributed by atoms with Gasteiger partial charge in [-0.1, -0.05) is 30.0 Å². The van der Waals surface area contributed by atoms with Crippen molar-refractivity contribution in [2.24, 2.45) is 0 Å². The third-order valence-corrected chi connectivity index (χ3v) is 2.18. The van der Waals surface area contributed by atoms with Crippen LogP contribution in [0.1, 0.15) is 12.5 Å². The molecule has 0 N–H and O–H groups in total. The Morgan fingerprint density at radius 1 is 1.33 bits per heavy atom. The van der Waals surface area contributed by atoms with Gasteiger partial charge in [0.25, 0.3) is 0 Å². The monoisotopic (exact) mass is 198 g/mol. The Kier molecular flexibility index (Phi) is 4.41. The molecule has 0 bridgehead atoms. The topological polar surface area (TPSA) is 27.0 Å². The molecule has 0 aliphatic carbocycles. The first-order valence-electron chi connectivity index (χ1n) is 4.88. The maximum atomic E-state index is 8.68. The largest absolute Gasteiger partial charge is 0.280 e. The van der Waals surface area contributed by atoms with Gasteiger partial charge in [0, 0.05) is 5.56 Å². The minimum absolute atomic E-state index is 0.0879. The van der Waals surface area contributed by atoms with Crippen molar-refractivity contribution in [2.75, 3.05) is 13.6 Å². The van der Waals surface area contributed by atoms with E-state index in [0.717, 1.165) is 5.56 Å². The molecule has 0 aromatic heterocycles. The fraction of sp³-hybridized carbons (Fsp3) is 0.308. The van der Waals surface area contributed by atoms with Crippen molar-refractivity contribution in [2.45, 2.75) is 13.0 Å². The number of hydrogen-bond donors (Lipinski definition) is 0. The Hall–Kier alpha value is -1.77. The molecule has 0 saturated carbocycles. The Morgan fingerprint density at radius 2 is 2.00 bits per heavy atom. The average Bonchev–Trinajstić information content (AvgIpc) is 2.29. The summed E-state index contributed by atoms with van der Waals surface area (Å²) in [6.07, 6.45) is 0.